The van der Waals surface area contributed by atoms with Crippen molar-refractivity contribution in [3.05, 3.63) is 29.8 Å². The van der Waals surface area contributed by atoms with Gasteiger partial charge in [0.15, 0.2) is 5.92 Å². The van der Waals surface area contributed by atoms with Crippen molar-refractivity contribution in [2.24, 2.45) is 5.92 Å². The fourth-order valence-corrected chi connectivity index (χ4v) is 1.78. The zero-order chi connectivity index (χ0) is 15.0. The summed E-state index contributed by atoms with van der Waals surface area (Å²) in [4.78, 5) is 23.7. The van der Waals surface area contributed by atoms with Crippen molar-refractivity contribution < 1.29 is 23.8 Å². The summed E-state index contributed by atoms with van der Waals surface area (Å²) in [6.07, 6.45) is 0.231. The van der Waals surface area contributed by atoms with Gasteiger partial charge in [-0.25, -0.2) is 0 Å². The SMILES string of the molecule is CCOC(=O)C([13CH2]c1cccc(OC)c1)C(=O)OCC. The zero-order valence-corrected chi connectivity index (χ0v) is 12.0. The smallest absolute Gasteiger partial charge is 0.320 e. The molecule has 1 rings (SSSR count). The average Bonchev–Trinajstić information content (AvgIpc) is 2.45. The highest BCUT2D eigenvalue weighted by Crippen LogP contribution is 2.18. The van der Waals surface area contributed by atoms with Crippen LogP contribution in [0, 0.1) is 5.92 Å². The number of carbonyl (C=O) groups excluding carboxylic acids is 2. The number of carbonyl (C=O) groups is 2. The van der Waals surface area contributed by atoms with Crippen LogP contribution >= 0.6 is 0 Å². The minimum atomic E-state index is -0.943. The van der Waals surface area contributed by atoms with Crippen LogP contribution in [0.3, 0.4) is 0 Å². The Morgan fingerprint density at radius 2 is 1.70 bits per heavy atom. The van der Waals surface area contributed by atoms with Crippen LogP contribution in [0.5, 0.6) is 5.75 Å². The second-order valence-corrected chi connectivity index (χ2v) is 4.11. The second kappa shape index (κ2) is 8.19. The first-order valence-electron chi connectivity index (χ1n) is 6.58. The molecule has 0 aromatic heterocycles. The van der Waals surface area contributed by atoms with Crippen LogP contribution in [-0.4, -0.2) is 32.3 Å². The summed E-state index contributed by atoms with van der Waals surface area (Å²) in [6, 6.07) is 7.22. The molecule has 0 aliphatic carbocycles. The molecule has 5 heteroatoms. The number of esters is 2. The predicted octanol–water partition coefficient (Wildman–Crippen LogP) is 1.98. The van der Waals surface area contributed by atoms with E-state index in [1.807, 2.05) is 12.1 Å². The molecule has 0 saturated heterocycles. The van der Waals surface area contributed by atoms with Gasteiger partial charge in [-0.2, -0.15) is 0 Å². The Labute approximate surface area is 118 Å². The molecule has 0 fully saturated rings. The van der Waals surface area contributed by atoms with Crippen molar-refractivity contribution in [1.82, 2.24) is 0 Å². The summed E-state index contributed by atoms with van der Waals surface area (Å²) in [5.41, 5.74) is 0.815. The maximum Gasteiger partial charge on any atom is 0.320 e. The molecule has 0 amide bonds. The van der Waals surface area contributed by atoms with Crippen LogP contribution in [0.2, 0.25) is 0 Å². The maximum atomic E-state index is 11.9. The van der Waals surface area contributed by atoms with E-state index in [1.165, 1.54) is 0 Å². The van der Waals surface area contributed by atoms with E-state index in [-0.39, 0.29) is 19.6 Å². The minimum Gasteiger partial charge on any atom is -0.497 e. The zero-order valence-electron chi connectivity index (χ0n) is 12.0. The Morgan fingerprint density at radius 3 is 2.20 bits per heavy atom. The molecule has 0 aliphatic rings. The lowest BCUT2D eigenvalue weighted by Gasteiger charge is -2.14. The van der Waals surface area contributed by atoms with E-state index in [0.29, 0.717) is 5.75 Å². The third kappa shape index (κ3) is 4.57. The van der Waals surface area contributed by atoms with Gasteiger partial charge in [0.05, 0.1) is 20.3 Å². The van der Waals surface area contributed by atoms with Crippen LogP contribution < -0.4 is 4.74 Å². The van der Waals surface area contributed by atoms with Crippen molar-refractivity contribution in [3.8, 4) is 5.75 Å². The highest BCUT2D eigenvalue weighted by Gasteiger charge is 2.29. The quantitative estimate of drug-likeness (QED) is 0.434. The normalized spacial score (nSPS) is 10.2. The summed E-state index contributed by atoms with van der Waals surface area (Å²) in [5, 5.41) is 0. The average molecular weight is 281 g/mol. The Bertz CT molecular complexity index is 437. The van der Waals surface area contributed by atoms with Gasteiger partial charge in [0.1, 0.15) is 5.75 Å². The number of hydrogen-bond acceptors (Lipinski definition) is 5. The molecule has 0 spiro atoms. The van der Waals surface area contributed by atoms with Gasteiger partial charge in [0.25, 0.3) is 0 Å². The van der Waals surface area contributed by atoms with Gasteiger partial charge in [-0.05, 0) is 38.0 Å². The molecule has 5 nitrogen and oxygen atoms in total. The fourth-order valence-electron chi connectivity index (χ4n) is 1.78. The third-order valence-corrected chi connectivity index (χ3v) is 2.72. The van der Waals surface area contributed by atoms with Crippen LogP contribution in [0.25, 0.3) is 0 Å². The topological polar surface area (TPSA) is 61.8 Å². The summed E-state index contributed by atoms with van der Waals surface area (Å²) in [5.74, 6) is -1.39. The first-order chi connectivity index (χ1) is 9.62. The minimum absolute atomic E-state index is 0.229. The van der Waals surface area contributed by atoms with Gasteiger partial charge in [0, 0.05) is 0 Å². The molecule has 0 N–H and O–H groups in total. The Balaban J connectivity index is 2.87. The number of hydrogen-bond donors (Lipinski definition) is 0. The van der Waals surface area contributed by atoms with Crippen molar-refractivity contribution in [1.29, 1.82) is 0 Å². The summed E-state index contributed by atoms with van der Waals surface area (Å²) >= 11 is 0. The molecule has 0 saturated carbocycles. The van der Waals surface area contributed by atoms with E-state index in [4.69, 9.17) is 14.2 Å². The highest BCUT2D eigenvalue weighted by molar-refractivity contribution is 5.95. The predicted molar refractivity (Wildman–Crippen MR) is 73.5 cm³/mol. The lowest BCUT2D eigenvalue weighted by Crippen LogP contribution is -2.30. The van der Waals surface area contributed by atoms with E-state index in [9.17, 15) is 9.59 Å². The molecule has 1 aromatic rings. The Kier molecular flexibility index (Phi) is 6.56. The molecule has 0 aliphatic heterocycles. The number of rotatable bonds is 7. The third-order valence-electron chi connectivity index (χ3n) is 2.72. The van der Waals surface area contributed by atoms with E-state index >= 15 is 0 Å². The molecule has 0 radical (unpaired) electrons. The molecule has 110 valence electrons. The fraction of sp³-hybridized carbons (Fsp3) is 0.467. The maximum absolute atomic E-state index is 11.9. The molecule has 0 heterocycles. The van der Waals surface area contributed by atoms with E-state index in [0.717, 1.165) is 5.56 Å². The molecular formula is C15H20O5. The lowest BCUT2D eigenvalue weighted by molar-refractivity contribution is -0.161. The van der Waals surface area contributed by atoms with Crippen molar-refractivity contribution in [2.45, 2.75) is 20.3 Å². The van der Waals surface area contributed by atoms with Crippen molar-refractivity contribution in [3.63, 3.8) is 0 Å². The summed E-state index contributed by atoms with van der Waals surface area (Å²) in [7, 11) is 1.56. The standard InChI is InChI=1S/C15H20O5/c1-4-19-14(16)13(15(17)20-5-2)10-11-7-6-8-12(9-11)18-3/h6-9,13H,4-5,10H2,1-3H3/i10+1. The molecular weight excluding hydrogens is 261 g/mol. The largest absolute Gasteiger partial charge is 0.497 e. The van der Waals surface area contributed by atoms with Gasteiger partial charge < -0.3 is 14.2 Å². The van der Waals surface area contributed by atoms with Crippen molar-refractivity contribution >= 4 is 11.9 Å². The number of benzene rings is 1. The monoisotopic (exact) mass is 281 g/mol. The molecule has 1 aromatic carbocycles. The summed E-state index contributed by atoms with van der Waals surface area (Å²) in [6.45, 7) is 3.86. The van der Waals surface area contributed by atoms with E-state index < -0.39 is 17.9 Å². The van der Waals surface area contributed by atoms with Gasteiger partial charge in [-0.3, -0.25) is 9.59 Å². The highest BCUT2D eigenvalue weighted by atomic mass is 16.6. The number of ether oxygens (including phenoxy) is 3. The van der Waals surface area contributed by atoms with Crippen LogP contribution in [0.4, 0.5) is 0 Å². The molecule has 20 heavy (non-hydrogen) atoms. The van der Waals surface area contributed by atoms with Gasteiger partial charge in [-0.15, -0.1) is 0 Å². The summed E-state index contributed by atoms with van der Waals surface area (Å²) < 4.78 is 15.0. The van der Waals surface area contributed by atoms with E-state index in [2.05, 4.69) is 0 Å². The van der Waals surface area contributed by atoms with Crippen molar-refractivity contribution in [2.75, 3.05) is 20.3 Å². The van der Waals surface area contributed by atoms with Gasteiger partial charge >= 0.3 is 11.9 Å². The molecule has 0 unspecified atom stereocenters. The molecule has 0 atom stereocenters. The molecule has 0 bridgehead atoms. The number of methoxy groups -OCH3 is 1. The van der Waals surface area contributed by atoms with E-state index in [1.54, 1.807) is 33.1 Å². The Morgan fingerprint density at radius 1 is 1.10 bits per heavy atom. The van der Waals surface area contributed by atoms with Gasteiger partial charge in [-0.1, -0.05) is 12.1 Å². The first kappa shape index (κ1) is 16.0. The van der Waals surface area contributed by atoms with Crippen LogP contribution in [0.15, 0.2) is 24.3 Å². The van der Waals surface area contributed by atoms with Gasteiger partial charge in [0.2, 0.25) is 0 Å². The van der Waals surface area contributed by atoms with Crippen LogP contribution in [-0.2, 0) is 25.5 Å². The lowest BCUT2D eigenvalue weighted by atomic mass is 10.1. The first-order valence-corrected chi connectivity index (χ1v) is 6.58. The second-order valence-electron chi connectivity index (χ2n) is 4.11. The Hall–Kier alpha value is -2.04. The van der Waals surface area contributed by atoms with Crippen LogP contribution in [0.1, 0.15) is 19.4 Å².